The van der Waals surface area contributed by atoms with Crippen LogP contribution >= 0.6 is 0 Å². The van der Waals surface area contributed by atoms with Gasteiger partial charge in [0.1, 0.15) is 17.3 Å². The third kappa shape index (κ3) is 4.25. The van der Waals surface area contributed by atoms with E-state index in [1.165, 1.54) is 6.07 Å². The van der Waals surface area contributed by atoms with Crippen LogP contribution in [0.1, 0.15) is 54.7 Å². The van der Waals surface area contributed by atoms with E-state index in [0.29, 0.717) is 33.5 Å². The Hall–Kier alpha value is -3.67. The van der Waals surface area contributed by atoms with Gasteiger partial charge in [-0.3, -0.25) is 0 Å². The highest BCUT2D eigenvalue weighted by atomic mass is 19.4. The van der Waals surface area contributed by atoms with Gasteiger partial charge in [-0.05, 0) is 62.9 Å². The number of nitrogens with one attached hydrogen (secondary N) is 1. The molecule has 4 aliphatic rings. The fourth-order valence-corrected chi connectivity index (χ4v) is 5.41. The highest BCUT2D eigenvalue weighted by Crippen LogP contribution is 2.40. The van der Waals surface area contributed by atoms with Gasteiger partial charge in [-0.1, -0.05) is 0 Å². The van der Waals surface area contributed by atoms with Crippen LogP contribution in [0.4, 0.5) is 19.0 Å². The second-order valence-electron chi connectivity index (χ2n) is 9.68. The van der Waals surface area contributed by atoms with Crippen molar-refractivity contribution in [1.29, 1.82) is 5.26 Å². The number of anilines is 1. The molecule has 1 unspecified atom stereocenters. The van der Waals surface area contributed by atoms with Gasteiger partial charge in [0, 0.05) is 31.4 Å². The topological polar surface area (TPSA) is 85.1 Å². The summed E-state index contributed by atoms with van der Waals surface area (Å²) in [6, 6.07) is 4.56. The molecule has 1 atom stereocenters. The van der Waals surface area contributed by atoms with Crippen molar-refractivity contribution >= 4 is 24.0 Å². The molecule has 0 radical (unpaired) electrons. The van der Waals surface area contributed by atoms with Crippen LogP contribution in [0.2, 0.25) is 0 Å². The van der Waals surface area contributed by atoms with Crippen LogP contribution in [0, 0.1) is 18.3 Å². The first-order valence-corrected chi connectivity index (χ1v) is 11.9. The molecule has 1 aromatic heterocycles. The maximum atomic E-state index is 13.4. The number of benzene rings is 1. The molecule has 1 N–H and O–H groups in total. The quantitative estimate of drug-likeness (QED) is 0.654. The number of aromatic nitrogens is 2. The molecule has 10 heteroatoms. The third-order valence-electron chi connectivity index (χ3n) is 7.44. The Balaban J connectivity index is 1.57. The summed E-state index contributed by atoms with van der Waals surface area (Å²) in [7, 11) is 0. The van der Waals surface area contributed by atoms with Crippen molar-refractivity contribution in [3.05, 3.63) is 57.0 Å². The number of halogens is 3. The lowest BCUT2D eigenvalue weighted by molar-refractivity contribution is -0.137. The minimum absolute atomic E-state index is 0.0658. The van der Waals surface area contributed by atoms with E-state index in [-0.39, 0.29) is 11.1 Å². The third-order valence-corrected chi connectivity index (χ3v) is 7.44. The van der Waals surface area contributed by atoms with Crippen molar-refractivity contribution in [2.75, 3.05) is 25.0 Å². The summed E-state index contributed by atoms with van der Waals surface area (Å²) in [6.45, 7) is 6.33. The number of allylic oxidation sites excluding steroid dienone is 1. The van der Waals surface area contributed by atoms with Crippen LogP contribution in [-0.2, 0) is 11.0 Å². The smallest absolute Gasteiger partial charge is 0.363 e. The first-order valence-electron chi connectivity index (χ1n) is 11.9. The Morgan fingerprint density at radius 2 is 1.83 bits per heavy atom. The Morgan fingerprint density at radius 1 is 1.14 bits per heavy atom. The van der Waals surface area contributed by atoms with Crippen molar-refractivity contribution in [3.8, 4) is 6.07 Å². The molecule has 7 nitrogen and oxygen atoms in total. The molecule has 1 aromatic carbocycles. The van der Waals surface area contributed by atoms with Crippen LogP contribution in [0.15, 0.2) is 23.9 Å². The predicted octanol–water partition coefficient (Wildman–Crippen LogP) is 2.64. The van der Waals surface area contributed by atoms with Crippen molar-refractivity contribution in [1.82, 2.24) is 19.8 Å². The molecule has 6 rings (SSSR count). The van der Waals surface area contributed by atoms with Crippen LogP contribution in [0.25, 0.3) is 12.3 Å². The van der Waals surface area contributed by atoms with E-state index in [4.69, 9.17) is 0 Å². The van der Waals surface area contributed by atoms with Crippen LogP contribution < -0.4 is 15.9 Å². The number of hydrogen-bond acceptors (Lipinski definition) is 7. The first kappa shape index (κ1) is 24.0. The zero-order chi connectivity index (χ0) is 25.7. The standard InChI is InChI=1S/C26H25F3N6O/c1-16(19-9-18(13-30)10-20(11-19)26(27,28)29)31-24-22-14-35(25-3-6-34(7-4-25)8-5-25)21(15-36)12-23(22)32-17(2)33-24/h9-12,14,16H,3-8H2,1-2H3,(H,31,32,33). The molecule has 0 spiro atoms. The van der Waals surface area contributed by atoms with Gasteiger partial charge in [-0.25, -0.2) is 14.8 Å². The van der Waals surface area contributed by atoms with Gasteiger partial charge in [-0.15, -0.1) is 0 Å². The van der Waals surface area contributed by atoms with Gasteiger partial charge >= 0.3 is 6.18 Å². The van der Waals surface area contributed by atoms with E-state index in [0.717, 1.165) is 51.0 Å². The SMILES string of the molecule is Cc1nc(NC(C)c2cc(C#N)cc(C(F)(F)F)c2)c2c(n1)=CC(=C=O)N(C13CCN(CC1)CC3)C=2. The van der Waals surface area contributed by atoms with Crippen molar-refractivity contribution in [2.24, 2.45) is 0 Å². The minimum Gasteiger partial charge on any atom is -0.363 e. The zero-order valence-electron chi connectivity index (χ0n) is 20.0. The highest BCUT2D eigenvalue weighted by molar-refractivity contribution is 5.72. The second kappa shape index (κ2) is 8.77. The molecule has 3 saturated heterocycles. The summed E-state index contributed by atoms with van der Waals surface area (Å²) < 4.78 is 40.2. The monoisotopic (exact) mass is 494 g/mol. The summed E-state index contributed by atoms with van der Waals surface area (Å²) in [4.78, 5) is 25.4. The number of hydrogen-bond donors (Lipinski definition) is 1. The number of carbonyl (C=O) groups excluding carboxylic acids is 1. The van der Waals surface area contributed by atoms with Crippen LogP contribution in [0.5, 0.6) is 0 Å². The molecule has 4 aliphatic heterocycles. The number of alkyl halides is 3. The van der Waals surface area contributed by atoms with E-state index in [2.05, 4.69) is 26.1 Å². The zero-order valence-corrected chi connectivity index (χ0v) is 20.0. The summed E-state index contributed by atoms with van der Waals surface area (Å²) in [6.07, 6.45) is 1.79. The van der Waals surface area contributed by atoms with Gasteiger partial charge in [0.15, 0.2) is 5.94 Å². The fourth-order valence-electron chi connectivity index (χ4n) is 5.41. The van der Waals surface area contributed by atoms with Gasteiger partial charge in [0.05, 0.1) is 33.8 Å². The molecular weight excluding hydrogens is 469 g/mol. The maximum Gasteiger partial charge on any atom is 0.416 e. The number of fused-ring (bicyclic) bond motifs is 4. The van der Waals surface area contributed by atoms with E-state index in [1.54, 1.807) is 19.9 Å². The average molecular weight is 495 g/mol. The van der Waals surface area contributed by atoms with E-state index >= 15 is 0 Å². The molecule has 5 heterocycles. The number of nitriles is 1. The molecule has 0 amide bonds. The van der Waals surface area contributed by atoms with E-state index in [1.807, 2.05) is 17.2 Å². The van der Waals surface area contributed by atoms with Crippen LogP contribution in [-0.4, -0.2) is 50.9 Å². The second-order valence-corrected chi connectivity index (χ2v) is 9.68. The van der Waals surface area contributed by atoms with Crippen molar-refractivity contribution in [2.45, 2.75) is 50.9 Å². The Morgan fingerprint density at radius 3 is 2.44 bits per heavy atom. The maximum absolute atomic E-state index is 13.4. The molecule has 2 bridgehead atoms. The highest BCUT2D eigenvalue weighted by Gasteiger charge is 2.44. The molecule has 3 fully saturated rings. The molecular formula is C26H25F3N6O. The molecule has 0 saturated carbocycles. The van der Waals surface area contributed by atoms with Gasteiger partial charge in [-0.2, -0.15) is 18.4 Å². The Kier molecular flexibility index (Phi) is 5.86. The first-order chi connectivity index (χ1) is 17.1. The summed E-state index contributed by atoms with van der Waals surface area (Å²) in [5.74, 6) is 2.99. The van der Waals surface area contributed by atoms with E-state index in [9.17, 15) is 23.2 Å². The molecule has 186 valence electrons. The van der Waals surface area contributed by atoms with Crippen molar-refractivity contribution < 1.29 is 18.0 Å². The van der Waals surface area contributed by atoms with Gasteiger partial charge in [0.2, 0.25) is 0 Å². The van der Waals surface area contributed by atoms with Gasteiger partial charge < -0.3 is 15.1 Å². The predicted molar refractivity (Wildman–Crippen MR) is 127 cm³/mol. The Bertz CT molecular complexity index is 1420. The lowest BCUT2D eigenvalue weighted by Crippen LogP contribution is -2.60. The molecule has 0 aliphatic carbocycles. The van der Waals surface area contributed by atoms with Crippen molar-refractivity contribution in [3.63, 3.8) is 0 Å². The average Bonchev–Trinajstić information content (AvgIpc) is 2.88. The fraction of sp³-hybridized carbons (Fsp3) is 0.423. The number of nitrogens with zero attached hydrogens (tertiary/aromatic N) is 5. The molecule has 36 heavy (non-hydrogen) atoms. The number of rotatable bonds is 4. The number of aryl methyl sites for hydroxylation is 1. The summed E-state index contributed by atoms with van der Waals surface area (Å²) >= 11 is 0. The lowest BCUT2D eigenvalue weighted by atomic mass is 9.78. The number of piperidine rings is 3. The van der Waals surface area contributed by atoms with Gasteiger partial charge in [0.25, 0.3) is 0 Å². The largest absolute Gasteiger partial charge is 0.416 e. The summed E-state index contributed by atoms with van der Waals surface area (Å²) in [5.41, 5.74) is -0.391. The summed E-state index contributed by atoms with van der Waals surface area (Å²) in [5, 5.41) is 13.7. The van der Waals surface area contributed by atoms with Crippen LogP contribution in [0.3, 0.4) is 0 Å². The van der Waals surface area contributed by atoms with E-state index < -0.39 is 17.8 Å². The molecule has 2 aromatic rings. The Labute approximate surface area is 206 Å². The lowest BCUT2D eigenvalue weighted by Gasteiger charge is -2.53. The minimum atomic E-state index is -4.57. The normalized spacial score (nSPS) is 23.6.